The van der Waals surface area contributed by atoms with Gasteiger partial charge in [0.05, 0.1) is 6.42 Å². The second-order valence-electron chi connectivity index (χ2n) is 2.98. The summed E-state index contributed by atoms with van der Waals surface area (Å²) in [6.45, 7) is 4.09. The molecule has 1 unspecified atom stereocenters. The van der Waals surface area contributed by atoms with Crippen molar-refractivity contribution < 1.29 is 9.90 Å². The van der Waals surface area contributed by atoms with Gasteiger partial charge in [-0.05, 0) is 12.3 Å². The predicted octanol–water partition coefficient (Wildman–Crippen LogP) is 2.49. The molecule has 0 spiro atoms. The van der Waals surface area contributed by atoms with E-state index in [1.54, 1.807) is 0 Å². The van der Waals surface area contributed by atoms with Crippen molar-refractivity contribution in [2.75, 3.05) is 0 Å². The molecule has 1 atom stereocenters. The lowest BCUT2D eigenvalue weighted by atomic mass is 10.0. The molecule has 0 aromatic carbocycles. The van der Waals surface area contributed by atoms with E-state index in [0.29, 0.717) is 0 Å². The predicted molar refractivity (Wildman–Crippen MR) is 45.2 cm³/mol. The summed E-state index contributed by atoms with van der Waals surface area (Å²) in [5, 5.41) is 8.38. The van der Waals surface area contributed by atoms with Gasteiger partial charge in [0.2, 0.25) is 0 Å². The lowest BCUT2D eigenvalue weighted by Crippen LogP contribution is -2.04. The van der Waals surface area contributed by atoms with Crippen LogP contribution in [0.25, 0.3) is 0 Å². The molecule has 0 aromatic rings. The Kier molecular flexibility index (Phi) is 5.90. The highest BCUT2D eigenvalue weighted by atomic mass is 16.4. The quantitative estimate of drug-likeness (QED) is 0.601. The minimum Gasteiger partial charge on any atom is -0.481 e. The number of hydrogen-bond acceptors (Lipinski definition) is 1. The molecule has 2 nitrogen and oxygen atoms in total. The van der Waals surface area contributed by atoms with Crippen LogP contribution in [0.5, 0.6) is 0 Å². The van der Waals surface area contributed by atoms with Gasteiger partial charge in [0, 0.05) is 0 Å². The second kappa shape index (κ2) is 6.20. The zero-order valence-corrected chi connectivity index (χ0v) is 7.34. The van der Waals surface area contributed by atoms with Crippen LogP contribution in [-0.2, 0) is 4.79 Å². The molecule has 0 fully saturated rings. The second-order valence-corrected chi connectivity index (χ2v) is 2.98. The Balaban J connectivity index is 3.22. The van der Waals surface area contributed by atoms with Crippen molar-refractivity contribution >= 4 is 5.97 Å². The van der Waals surface area contributed by atoms with Crippen LogP contribution in [0.15, 0.2) is 0 Å². The fourth-order valence-corrected chi connectivity index (χ4v) is 1.04. The molecule has 0 aliphatic rings. The minimum absolute atomic E-state index is 0.221. The fourth-order valence-electron chi connectivity index (χ4n) is 1.04. The molecule has 0 saturated heterocycles. The topological polar surface area (TPSA) is 37.3 Å². The Hall–Kier alpha value is -0.530. The summed E-state index contributed by atoms with van der Waals surface area (Å²) in [5.41, 5.74) is 0. The maximum Gasteiger partial charge on any atom is 0.307 e. The molecule has 0 aliphatic heterocycles. The van der Waals surface area contributed by atoms with Crippen molar-refractivity contribution in [3.05, 3.63) is 6.42 Å². The summed E-state index contributed by atoms with van der Waals surface area (Å²) in [4.78, 5) is 10.2. The lowest BCUT2D eigenvalue weighted by molar-refractivity contribution is -0.133. The summed E-state index contributed by atoms with van der Waals surface area (Å²) in [7, 11) is 0. The third-order valence-electron chi connectivity index (χ3n) is 1.69. The highest BCUT2D eigenvalue weighted by molar-refractivity contribution is 5.76. The van der Waals surface area contributed by atoms with Gasteiger partial charge in [0.15, 0.2) is 0 Å². The molecule has 0 saturated carbocycles. The third kappa shape index (κ3) is 7.37. The molecule has 1 radical (unpaired) electrons. The van der Waals surface area contributed by atoms with E-state index < -0.39 is 5.97 Å². The van der Waals surface area contributed by atoms with E-state index in [0.717, 1.165) is 12.8 Å². The highest BCUT2D eigenvalue weighted by Gasteiger charge is 2.06. The van der Waals surface area contributed by atoms with Crippen molar-refractivity contribution in [3.63, 3.8) is 0 Å². The number of unbranched alkanes of at least 4 members (excludes halogenated alkanes) is 2. The molecule has 11 heavy (non-hydrogen) atoms. The van der Waals surface area contributed by atoms with Crippen LogP contribution in [0, 0.1) is 12.3 Å². The molecule has 65 valence electrons. The molecule has 0 rings (SSSR count). The first-order valence-electron chi connectivity index (χ1n) is 4.24. The fraction of sp³-hybridized carbons (Fsp3) is 0.778. The first-order valence-corrected chi connectivity index (χ1v) is 4.24. The van der Waals surface area contributed by atoms with E-state index in [1.807, 2.05) is 6.92 Å². The average Bonchev–Trinajstić information content (AvgIpc) is 1.86. The van der Waals surface area contributed by atoms with Crippen molar-refractivity contribution in [1.29, 1.82) is 0 Å². The van der Waals surface area contributed by atoms with E-state index in [4.69, 9.17) is 5.11 Å². The first-order chi connectivity index (χ1) is 5.16. The van der Waals surface area contributed by atoms with Crippen LogP contribution in [-0.4, -0.2) is 11.1 Å². The van der Waals surface area contributed by atoms with Gasteiger partial charge in [-0.25, -0.2) is 0 Å². The first kappa shape index (κ1) is 10.5. The van der Waals surface area contributed by atoms with Crippen molar-refractivity contribution in [2.45, 2.75) is 39.5 Å². The van der Waals surface area contributed by atoms with Crippen LogP contribution < -0.4 is 0 Å². The molecule has 1 N–H and O–H groups in total. The van der Waals surface area contributed by atoms with Crippen LogP contribution in [0.3, 0.4) is 0 Å². The molecular formula is C9H17O2. The monoisotopic (exact) mass is 157 g/mol. The van der Waals surface area contributed by atoms with Gasteiger partial charge in [-0.1, -0.05) is 33.1 Å². The maximum absolute atomic E-state index is 10.2. The van der Waals surface area contributed by atoms with E-state index in [2.05, 4.69) is 6.92 Å². The van der Waals surface area contributed by atoms with E-state index in [9.17, 15) is 4.79 Å². The number of rotatable bonds is 6. The van der Waals surface area contributed by atoms with Crippen LogP contribution in [0.2, 0.25) is 0 Å². The Labute approximate surface area is 68.6 Å². The smallest absolute Gasteiger partial charge is 0.307 e. The number of carboxylic acid groups (broad SMARTS) is 1. The largest absolute Gasteiger partial charge is 0.481 e. The van der Waals surface area contributed by atoms with Gasteiger partial charge < -0.3 is 5.11 Å². The number of aliphatic carboxylic acids is 1. The van der Waals surface area contributed by atoms with E-state index in [1.165, 1.54) is 19.3 Å². The summed E-state index contributed by atoms with van der Waals surface area (Å²) in [6, 6.07) is 0. The molecule has 0 amide bonds. The molecule has 2 heteroatoms. The average molecular weight is 157 g/mol. The SMILES string of the molecule is CCCCCC(C)[CH]C(=O)O. The number of carbonyl (C=O) groups is 1. The van der Waals surface area contributed by atoms with Crippen molar-refractivity contribution in [1.82, 2.24) is 0 Å². The molecular weight excluding hydrogens is 140 g/mol. The number of carboxylic acids is 1. The lowest BCUT2D eigenvalue weighted by Gasteiger charge is -2.05. The summed E-state index contributed by atoms with van der Waals surface area (Å²) in [5.74, 6) is -0.576. The third-order valence-corrected chi connectivity index (χ3v) is 1.69. The van der Waals surface area contributed by atoms with Gasteiger partial charge in [-0.15, -0.1) is 0 Å². The Morgan fingerprint density at radius 2 is 2.18 bits per heavy atom. The Morgan fingerprint density at radius 1 is 1.55 bits per heavy atom. The maximum atomic E-state index is 10.2. The van der Waals surface area contributed by atoms with Gasteiger partial charge >= 0.3 is 5.97 Å². The summed E-state index contributed by atoms with van der Waals surface area (Å²) in [6.07, 6.45) is 5.91. The molecule has 0 heterocycles. The minimum atomic E-state index is -0.797. The Morgan fingerprint density at radius 3 is 2.64 bits per heavy atom. The zero-order chi connectivity index (χ0) is 8.69. The van der Waals surface area contributed by atoms with Crippen LogP contribution >= 0.6 is 0 Å². The normalized spacial score (nSPS) is 12.9. The number of hydrogen-bond donors (Lipinski definition) is 1. The van der Waals surface area contributed by atoms with Crippen LogP contribution in [0.4, 0.5) is 0 Å². The molecule has 0 aliphatic carbocycles. The van der Waals surface area contributed by atoms with Crippen molar-refractivity contribution in [3.8, 4) is 0 Å². The van der Waals surface area contributed by atoms with Gasteiger partial charge in [0.1, 0.15) is 0 Å². The summed E-state index contributed by atoms with van der Waals surface area (Å²) < 4.78 is 0. The van der Waals surface area contributed by atoms with E-state index >= 15 is 0 Å². The zero-order valence-electron chi connectivity index (χ0n) is 7.34. The highest BCUT2D eigenvalue weighted by Crippen LogP contribution is 2.11. The Bertz CT molecular complexity index is 110. The van der Waals surface area contributed by atoms with Gasteiger partial charge in [0.25, 0.3) is 0 Å². The van der Waals surface area contributed by atoms with Gasteiger partial charge in [-0.3, -0.25) is 4.79 Å². The van der Waals surface area contributed by atoms with Gasteiger partial charge in [-0.2, -0.15) is 0 Å². The van der Waals surface area contributed by atoms with E-state index in [-0.39, 0.29) is 5.92 Å². The van der Waals surface area contributed by atoms with Crippen molar-refractivity contribution in [2.24, 2.45) is 5.92 Å². The summed E-state index contributed by atoms with van der Waals surface area (Å²) >= 11 is 0. The standard InChI is InChI=1S/C9H17O2/c1-3-4-5-6-8(2)7-9(10)11/h7-8H,3-6H2,1-2H3,(H,10,11). The molecule has 0 bridgehead atoms. The van der Waals surface area contributed by atoms with Crippen LogP contribution in [0.1, 0.15) is 39.5 Å². The molecule has 0 aromatic heterocycles.